The molecule has 0 unspecified atom stereocenters. The second-order valence-corrected chi connectivity index (χ2v) is 3.34. The maximum atomic E-state index is 12.8. The number of hydrogen-bond donors (Lipinski definition) is 0. The van der Waals surface area contributed by atoms with Crippen LogP contribution < -0.4 is 4.74 Å². The highest BCUT2D eigenvalue weighted by Crippen LogP contribution is 2.23. The lowest BCUT2D eigenvalue weighted by Gasteiger charge is -2.05. The summed E-state index contributed by atoms with van der Waals surface area (Å²) in [7, 11) is 0. The molecule has 0 saturated carbocycles. The summed E-state index contributed by atoms with van der Waals surface area (Å²) < 4.78 is 18.3. The molecule has 0 spiro atoms. The van der Waals surface area contributed by atoms with Crippen molar-refractivity contribution < 1.29 is 9.13 Å². The number of benzene rings is 2. The summed E-state index contributed by atoms with van der Waals surface area (Å²) in [6.07, 6.45) is 0. The molecule has 0 aliphatic rings. The predicted octanol–water partition coefficient (Wildman–Crippen LogP) is 4.42. The van der Waals surface area contributed by atoms with Crippen molar-refractivity contribution in [2.24, 2.45) is 0 Å². The minimum atomic E-state index is -0.439. The number of ether oxygens (including phenoxy) is 1. The van der Waals surface area contributed by atoms with E-state index in [1.54, 1.807) is 24.3 Å². The Morgan fingerprint density at radius 3 is 2.00 bits per heavy atom. The Kier molecular flexibility index (Phi) is 3.01. The summed E-state index contributed by atoms with van der Waals surface area (Å²) in [6, 6.07) is 16.1. The molecule has 0 N–H and O–H groups in total. The van der Waals surface area contributed by atoms with Gasteiger partial charge in [0.15, 0.2) is 0 Å². The highest BCUT2D eigenvalue weighted by molar-refractivity contribution is 5.57. The molecule has 0 saturated heterocycles. The second-order valence-electron chi connectivity index (χ2n) is 3.34. The number of para-hydroxylation sites is 1. The van der Waals surface area contributed by atoms with Gasteiger partial charge < -0.3 is 4.74 Å². The van der Waals surface area contributed by atoms with Crippen molar-refractivity contribution in [1.29, 1.82) is 0 Å². The smallest absolute Gasteiger partial charge is 0.127 e. The first-order valence-corrected chi connectivity index (χ1v) is 4.93. The molecule has 2 aromatic carbocycles. The molecule has 2 aromatic rings. The van der Waals surface area contributed by atoms with Crippen LogP contribution in [0.3, 0.4) is 0 Å². The van der Waals surface area contributed by atoms with Gasteiger partial charge in [0.2, 0.25) is 0 Å². The third-order valence-electron chi connectivity index (χ3n) is 2.15. The van der Waals surface area contributed by atoms with E-state index in [0.29, 0.717) is 11.3 Å². The Bertz CT molecular complexity index is 474. The van der Waals surface area contributed by atoms with E-state index in [0.717, 1.165) is 5.75 Å². The first kappa shape index (κ1) is 10.4. The van der Waals surface area contributed by atoms with Gasteiger partial charge in [0.25, 0.3) is 0 Å². The molecule has 1 nitrogen and oxygen atoms in total. The molecule has 16 heavy (non-hydrogen) atoms. The third-order valence-corrected chi connectivity index (χ3v) is 2.15. The maximum absolute atomic E-state index is 12.8. The summed E-state index contributed by atoms with van der Waals surface area (Å²) in [4.78, 5) is 0. The van der Waals surface area contributed by atoms with Gasteiger partial charge in [-0.1, -0.05) is 24.8 Å². The summed E-state index contributed by atoms with van der Waals surface area (Å²) in [5.41, 5.74) is 0.473. The van der Waals surface area contributed by atoms with Crippen LogP contribution in [-0.4, -0.2) is 0 Å². The predicted molar refractivity (Wildman–Crippen MR) is 63.1 cm³/mol. The van der Waals surface area contributed by atoms with Gasteiger partial charge in [-0.2, -0.15) is 0 Å². The Morgan fingerprint density at radius 2 is 1.44 bits per heavy atom. The van der Waals surface area contributed by atoms with Gasteiger partial charge in [0.05, 0.1) is 0 Å². The first-order chi connectivity index (χ1) is 7.75. The molecule has 0 radical (unpaired) electrons. The fraction of sp³-hybridized carbons (Fsp3) is 0. The zero-order valence-corrected chi connectivity index (χ0v) is 8.69. The van der Waals surface area contributed by atoms with E-state index in [9.17, 15) is 4.39 Å². The zero-order chi connectivity index (χ0) is 11.4. The quantitative estimate of drug-likeness (QED) is 0.734. The lowest BCUT2D eigenvalue weighted by molar-refractivity contribution is 0.482. The lowest BCUT2D eigenvalue weighted by atomic mass is 10.2. The van der Waals surface area contributed by atoms with E-state index in [1.807, 2.05) is 30.3 Å². The molecular formula is C14H11FO. The maximum Gasteiger partial charge on any atom is 0.127 e. The molecular weight excluding hydrogens is 203 g/mol. The van der Waals surface area contributed by atoms with Crippen LogP contribution in [0.2, 0.25) is 0 Å². The molecule has 80 valence electrons. The van der Waals surface area contributed by atoms with E-state index in [2.05, 4.69) is 6.58 Å². The van der Waals surface area contributed by atoms with Gasteiger partial charge in [-0.3, -0.25) is 0 Å². The van der Waals surface area contributed by atoms with Crippen LogP contribution in [0.25, 0.3) is 5.83 Å². The molecule has 0 bridgehead atoms. The van der Waals surface area contributed by atoms with Crippen molar-refractivity contribution in [3.8, 4) is 11.5 Å². The zero-order valence-electron chi connectivity index (χ0n) is 8.69. The van der Waals surface area contributed by atoms with Gasteiger partial charge >= 0.3 is 0 Å². The molecule has 0 aliphatic carbocycles. The fourth-order valence-electron chi connectivity index (χ4n) is 1.33. The molecule has 2 rings (SSSR count). The van der Waals surface area contributed by atoms with Crippen molar-refractivity contribution in [3.63, 3.8) is 0 Å². The van der Waals surface area contributed by atoms with Gasteiger partial charge in [-0.15, -0.1) is 0 Å². The van der Waals surface area contributed by atoms with E-state index < -0.39 is 5.83 Å². The van der Waals surface area contributed by atoms with Crippen LogP contribution >= 0.6 is 0 Å². The van der Waals surface area contributed by atoms with Crippen molar-refractivity contribution in [1.82, 2.24) is 0 Å². The molecule has 0 fully saturated rings. The Balaban J connectivity index is 2.14. The van der Waals surface area contributed by atoms with Crippen molar-refractivity contribution in [3.05, 3.63) is 66.7 Å². The molecule has 0 aromatic heterocycles. The molecule has 0 amide bonds. The minimum absolute atomic E-state index is 0.439. The van der Waals surface area contributed by atoms with Crippen LogP contribution in [0.15, 0.2) is 61.2 Å². The number of hydrogen-bond acceptors (Lipinski definition) is 1. The van der Waals surface area contributed by atoms with Crippen LogP contribution in [0, 0.1) is 0 Å². The highest BCUT2D eigenvalue weighted by Gasteiger charge is 1.99. The van der Waals surface area contributed by atoms with Crippen LogP contribution in [-0.2, 0) is 0 Å². The normalized spacial score (nSPS) is 9.81. The summed E-state index contributed by atoms with van der Waals surface area (Å²) in [5, 5.41) is 0. The monoisotopic (exact) mass is 214 g/mol. The summed E-state index contributed by atoms with van der Waals surface area (Å²) >= 11 is 0. The Hall–Kier alpha value is -2.09. The fourth-order valence-corrected chi connectivity index (χ4v) is 1.33. The largest absolute Gasteiger partial charge is 0.457 e. The third kappa shape index (κ3) is 2.48. The molecule has 2 heteroatoms. The first-order valence-electron chi connectivity index (χ1n) is 4.93. The average Bonchev–Trinajstić information content (AvgIpc) is 2.31. The van der Waals surface area contributed by atoms with Gasteiger partial charge in [0.1, 0.15) is 17.3 Å². The van der Waals surface area contributed by atoms with E-state index in [1.165, 1.54) is 0 Å². The van der Waals surface area contributed by atoms with Gasteiger partial charge in [-0.05, 0) is 36.4 Å². The van der Waals surface area contributed by atoms with Gasteiger partial charge in [0, 0.05) is 5.56 Å². The van der Waals surface area contributed by atoms with Crippen molar-refractivity contribution in [2.45, 2.75) is 0 Å². The van der Waals surface area contributed by atoms with Gasteiger partial charge in [-0.25, -0.2) is 4.39 Å². The van der Waals surface area contributed by atoms with Crippen LogP contribution in [0.1, 0.15) is 5.56 Å². The molecule has 0 heterocycles. The number of rotatable bonds is 3. The summed E-state index contributed by atoms with van der Waals surface area (Å²) in [6.45, 7) is 3.23. The van der Waals surface area contributed by atoms with E-state index >= 15 is 0 Å². The lowest BCUT2D eigenvalue weighted by Crippen LogP contribution is -1.84. The molecule has 0 atom stereocenters. The van der Waals surface area contributed by atoms with E-state index in [-0.39, 0.29) is 0 Å². The SMILES string of the molecule is C=C(F)c1ccc(Oc2ccccc2)cc1. The average molecular weight is 214 g/mol. The van der Waals surface area contributed by atoms with Crippen LogP contribution in [0.5, 0.6) is 11.5 Å². The highest BCUT2D eigenvalue weighted by atomic mass is 19.1. The minimum Gasteiger partial charge on any atom is -0.457 e. The van der Waals surface area contributed by atoms with E-state index in [4.69, 9.17) is 4.74 Å². The van der Waals surface area contributed by atoms with Crippen LogP contribution in [0.4, 0.5) is 4.39 Å². The topological polar surface area (TPSA) is 9.23 Å². The Labute approximate surface area is 93.8 Å². The standard InChI is InChI=1S/C14H11FO/c1-11(15)12-7-9-14(10-8-12)16-13-5-3-2-4-6-13/h2-10H,1H2. The number of halogens is 1. The summed E-state index contributed by atoms with van der Waals surface area (Å²) in [5.74, 6) is 0.997. The van der Waals surface area contributed by atoms with Crippen molar-refractivity contribution >= 4 is 5.83 Å². The Morgan fingerprint density at radius 1 is 0.875 bits per heavy atom. The molecule has 0 aliphatic heterocycles. The van der Waals surface area contributed by atoms with Crippen molar-refractivity contribution in [2.75, 3.05) is 0 Å². The second kappa shape index (κ2) is 4.62.